The van der Waals surface area contributed by atoms with Crippen LogP contribution in [-0.4, -0.2) is 12.9 Å². The first kappa shape index (κ1) is 29.5. The number of unbranched alkanes of at least 4 members (excludes halogenated alkanes) is 1. The van der Waals surface area contributed by atoms with Gasteiger partial charge in [-0.05, 0) is 46.9 Å². The molecule has 5 aromatic carbocycles. The van der Waals surface area contributed by atoms with E-state index in [0.29, 0.717) is 48.2 Å². The second kappa shape index (κ2) is 15.3. The van der Waals surface area contributed by atoms with Crippen LogP contribution in [0.5, 0.6) is 23.0 Å². The molecular formula is C38H36O5. The van der Waals surface area contributed by atoms with E-state index in [9.17, 15) is 4.79 Å². The standard InChI is InChI=1S/C38H36O5/c1-2-3-23-40-34-21-19-32(20-22-34)36-33(25-39)24-35(41-26-29-13-7-4-8-14-29)37(42-27-30-15-9-5-10-16-30)38(36)43-28-31-17-11-6-12-18-31/h4-22,24-25H,2-3,23,26-28H2,1H3. The number of carbonyl (C=O) groups is 1. The van der Waals surface area contributed by atoms with Gasteiger partial charge in [0.25, 0.3) is 0 Å². The second-order valence-electron chi connectivity index (χ2n) is 10.2. The van der Waals surface area contributed by atoms with Gasteiger partial charge in [-0.3, -0.25) is 4.79 Å². The minimum Gasteiger partial charge on any atom is -0.494 e. The molecule has 0 aliphatic heterocycles. The van der Waals surface area contributed by atoms with E-state index >= 15 is 0 Å². The summed E-state index contributed by atoms with van der Waals surface area (Å²) in [6.45, 7) is 3.69. The molecule has 0 saturated heterocycles. The van der Waals surface area contributed by atoms with Crippen LogP contribution in [0.3, 0.4) is 0 Å². The van der Waals surface area contributed by atoms with Crippen LogP contribution in [0.4, 0.5) is 0 Å². The normalized spacial score (nSPS) is 10.6. The van der Waals surface area contributed by atoms with Crippen molar-refractivity contribution in [3.63, 3.8) is 0 Å². The zero-order valence-corrected chi connectivity index (χ0v) is 24.4. The lowest BCUT2D eigenvalue weighted by Crippen LogP contribution is -2.07. The molecule has 5 heteroatoms. The molecule has 0 bridgehead atoms. The van der Waals surface area contributed by atoms with Crippen LogP contribution in [0.2, 0.25) is 0 Å². The Labute approximate surface area is 253 Å². The summed E-state index contributed by atoms with van der Waals surface area (Å²) in [5.74, 6) is 2.11. The summed E-state index contributed by atoms with van der Waals surface area (Å²) in [4.78, 5) is 12.6. The Morgan fingerprint density at radius 3 is 1.60 bits per heavy atom. The summed E-state index contributed by atoms with van der Waals surface area (Å²) in [5, 5.41) is 0. The molecule has 0 N–H and O–H groups in total. The third kappa shape index (κ3) is 8.04. The van der Waals surface area contributed by atoms with Crippen molar-refractivity contribution in [2.24, 2.45) is 0 Å². The molecular weight excluding hydrogens is 536 g/mol. The van der Waals surface area contributed by atoms with Crippen LogP contribution >= 0.6 is 0 Å². The number of rotatable bonds is 15. The quantitative estimate of drug-likeness (QED) is 0.0925. The van der Waals surface area contributed by atoms with E-state index in [1.165, 1.54) is 0 Å². The number of ether oxygens (including phenoxy) is 4. The van der Waals surface area contributed by atoms with E-state index in [2.05, 4.69) is 6.92 Å². The van der Waals surface area contributed by atoms with E-state index < -0.39 is 0 Å². The van der Waals surface area contributed by atoms with Crippen molar-refractivity contribution in [2.75, 3.05) is 6.61 Å². The number of aldehydes is 1. The van der Waals surface area contributed by atoms with E-state index in [1.54, 1.807) is 6.07 Å². The Morgan fingerprint density at radius 1 is 0.581 bits per heavy atom. The van der Waals surface area contributed by atoms with Crippen molar-refractivity contribution in [3.05, 3.63) is 144 Å². The summed E-state index contributed by atoms with van der Waals surface area (Å²) in [6, 6.07) is 39.2. The van der Waals surface area contributed by atoms with Gasteiger partial charge in [-0.25, -0.2) is 0 Å². The van der Waals surface area contributed by atoms with Crippen molar-refractivity contribution in [2.45, 2.75) is 39.6 Å². The predicted molar refractivity (Wildman–Crippen MR) is 170 cm³/mol. The summed E-state index contributed by atoms with van der Waals surface area (Å²) < 4.78 is 25.3. The van der Waals surface area contributed by atoms with Gasteiger partial charge in [-0.15, -0.1) is 0 Å². The summed E-state index contributed by atoms with van der Waals surface area (Å²) in [7, 11) is 0. The van der Waals surface area contributed by atoms with Gasteiger partial charge < -0.3 is 18.9 Å². The smallest absolute Gasteiger partial charge is 0.204 e. The first-order valence-corrected chi connectivity index (χ1v) is 14.6. The molecule has 0 radical (unpaired) electrons. The van der Waals surface area contributed by atoms with Crippen LogP contribution in [0.1, 0.15) is 46.8 Å². The largest absolute Gasteiger partial charge is 0.494 e. The van der Waals surface area contributed by atoms with E-state index in [4.69, 9.17) is 18.9 Å². The Kier molecular flexibility index (Phi) is 10.5. The fourth-order valence-electron chi connectivity index (χ4n) is 4.65. The number of carbonyl (C=O) groups excluding carboxylic acids is 1. The molecule has 0 fully saturated rings. The minimum atomic E-state index is 0.286. The molecule has 0 saturated carbocycles. The molecule has 5 nitrogen and oxygen atoms in total. The van der Waals surface area contributed by atoms with Crippen molar-refractivity contribution in [1.29, 1.82) is 0 Å². The van der Waals surface area contributed by atoms with E-state index in [-0.39, 0.29) is 6.61 Å². The first-order valence-electron chi connectivity index (χ1n) is 14.6. The minimum absolute atomic E-state index is 0.286. The molecule has 5 rings (SSSR count). The van der Waals surface area contributed by atoms with Gasteiger partial charge in [0.2, 0.25) is 5.75 Å². The van der Waals surface area contributed by atoms with Gasteiger partial charge in [-0.2, -0.15) is 0 Å². The molecule has 218 valence electrons. The van der Waals surface area contributed by atoms with Crippen molar-refractivity contribution < 1.29 is 23.7 Å². The lowest BCUT2D eigenvalue weighted by molar-refractivity contribution is 0.112. The average Bonchev–Trinajstić information content (AvgIpc) is 3.07. The van der Waals surface area contributed by atoms with Gasteiger partial charge in [-0.1, -0.05) is 116 Å². The highest BCUT2D eigenvalue weighted by Crippen LogP contribution is 2.48. The zero-order valence-electron chi connectivity index (χ0n) is 24.4. The van der Waals surface area contributed by atoms with Crippen molar-refractivity contribution in [1.82, 2.24) is 0 Å². The maximum atomic E-state index is 12.6. The lowest BCUT2D eigenvalue weighted by Gasteiger charge is -2.22. The summed E-state index contributed by atoms with van der Waals surface area (Å²) in [5.41, 5.74) is 4.88. The van der Waals surface area contributed by atoms with Gasteiger partial charge in [0.1, 0.15) is 25.6 Å². The van der Waals surface area contributed by atoms with Gasteiger partial charge in [0.15, 0.2) is 17.8 Å². The highest BCUT2D eigenvalue weighted by molar-refractivity contribution is 5.93. The SMILES string of the molecule is CCCCOc1ccc(-c2c(C=O)cc(OCc3ccccc3)c(OCc3ccccc3)c2OCc2ccccc2)cc1. The molecule has 43 heavy (non-hydrogen) atoms. The Morgan fingerprint density at radius 2 is 1.09 bits per heavy atom. The molecule has 0 aliphatic carbocycles. The Bertz CT molecular complexity index is 1570. The van der Waals surface area contributed by atoms with Crippen LogP contribution in [0.25, 0.3) is 11.1 Å². The maximum absolute atomic E-state index is 12.6. The molecule has 0 spiro atoms. The molecule has 5 aromatic rings. The molecule has 0 amide bonds. The second-order valence-corrected chi connectivity index (χ2v) is 10.2. The van der Waals surface area contributed by atoms with E-state index in [1.807, 2.05) is 115 Å². The van der Waals surface area contributed by atoms with E-state index in [0.717, 1.165) is 47.1 Å². The van der Waals surface area contributed by atoms with Crippen LogP contribution in [0.15, 0.2) is 121 Å². The molecule has 0 unspecified atom stereocenters. The Hall–Kier alpha value is -5.03. The molecule has 0 aromatic heterocycles. The summed E-state index contributed by atoms with van der Waals surface area (Å²) >= 11 is 0. The fourth-order valence-corrected chi connectivity index (χ4v) is 4.65. The first-order chi connectivity index (χ1) is 21.2. The van der Waals surface area contributed by atoms with Crippen molar-refractivity contribution in [3.8, 4) is 34.1 Å². The van der Waals surface area contributed by atoms with Gasteiger partial charge >= 0.3 is 0 Å². The molecule has 0 heterocycles. The Balaban J connectivity index is 1.59. The monoisotopic (exact) mass is 572 g/mol. The summed E-state index contributed by atoms with van der Waals surface area (Å²) in [6.07, 6.45) is 2.89. The van der Waals surface area contributed by atoms with Gasteiger partial charge in [0, 0.05) is 11.1 Å². The fraction of sp³-hybridized carbons (Fsp3) is 0.184. The lowest BCUT2D eigenvalue weighted by atomic mass is 9.97. The average molecular weight is 573 g/mol. The van der Waals surface area contributed by atoms with Gasteiger partial charge in [0.05, 0.1) is 6.61 Å². The topological polar surface area (TPSA) is 54.0 Å². The number of hydrogen-bond acceptors (Lipinski definition) is 5. The zero-order chi connectivity index (χ0) is 29.7. The highest BCUT2D eigenvalue weighted by Gasteiger charge is 2.24. The van der Waals surface area contributed by atoms with Crippen LogP contribution < -0.4 is 18.9 Å². The predicted octanol–water partition coefficient (Wildman–Crippen LogP) is 9.08. The van der Waals surface area contributed by atoms with Crippen LogP contribution in [0, 0.1) is 0 Å². The highest BCUT2D eigenvalue weighted by atomic mass is 16.5. The number of hydrogen-bond donors (Lipinski definition) is 0. The molecule has 0 aliphatic rings. The van der Waals surface area contributed by atoms with Crippen molar-refractivity contribution >= 4 is 6.29 Å². The third-order valence-electron chi connectivity index (χ3n) is 6.96. The molecule has 0 atom stereocenters. The number of benzene rings is 5. The van der Waals surface area contributed by atoms with Crippen LogP contribution in [-0.2, 0) is 19.8 Å². The third-order valence-corrected chi connectivity index (χ3v) is 6.96. The maximum Gasteiger partial charge on any atom is 0.204 e.